The van der Waals surface area contributed by atoms with E-state index in [0.717, 1.165) is 104 Å². The molecular formula is C52H102N2O5S. The number of esters is 2. The van der Waals surface area contributed by atoms with E-state index in [1.807, 2.05) is 11.9 Å². The molecule has 1 aliphatic rings. The molecule has 60 heavy (non-hydrogen) atoms. The van der Waals surface area contributed by atoms with Crippen LogP contribution in [0.25, 0.3) is 0 Å². The first kappa shape index (κ1) is 57.2. The smallest absolute Gasteiger partial charge is 0.306 e. The summed E-state index contributed by atoms with van der Waals surface area (Å²) in [6.45, 7) is 15.3. The fourth-order valence-corrected chi connectivity index (χ4v) is 9.43. The van der Waals surface area contributed by atoms with Crippen molar-refractivity contribution in [2.75, 3.05) is 39.4 Å². The van der Waals surface area contributed by atoms with Gasteiger partial charge in [-0.15, -0.1) is 0 Å². The van der Waals surface area contributed by atoms with Crippen molar-refractivity contribution in [1.82, 2.24) is 9.62 Å². The summed E-state index contributed by atoms with van der Waals surface area (Å²) in [6.07, 6.45) is 43.5. The van der Waals surface area contributed by atoms with E-state index < -0.39 is 0 Å². The Morgan fingerprint density at radius 3 is 1.37 bits per heavy atom. The van der Waals surface area contributed by atoms with Gasteiger partial charge in [0.1, 0.15) is 12.2 Å². The average molecular weight is 867 g/mol. The van der Waals surface area contributed by atoms with Crippen molar-refractivity contribution in [2.45, 2.75) is 283 Å². The molecule has 0 aromatic rings. The van der Waals surface area contributed by atoms with Crippen molar-refractivity contribution in [1.29, 1.82) is 0 Å². The third-order valence-corrected chi connectivity index (χ3v) is 13.7. The number of nitrogens with one attached hydrogen (secondary N) is 1. The number of unbranched alkanes of at least 4 members (excludes halogenated alkanes) is 23. The Labute approximate surface area is 378 Å². The minimum absolute atomic E-state index is 0.00813. The summed E-state index contributed by atoms with van der Waals surface area (Å²) in [5, 5.41) is 0.688. The van der Waals surface area contributed by atoms with Crippen LogP contribution >= 0.6 is 11.9 Å². The lowest BCUT2D eigenvalue weighted by atomic mass is 10.0. The van der Waals surface area contributed by atoms with Crippen LogP contribution < -0.4 is 4.72 Å². The molecular weight excluding hydrogens is 765 g/mol. The van der Waals surface area contributed by atoms with E-state index in [1.165, 1.54) is 161 Å². The molecule has 0 saturated carbocycles. The maximum absolute atomic E-state index is 12.9. The number of hydrogen-bond donors (Lipinski definition) is 1. The van der Waals surface area contributed by atoms with Crippen LogP contribution in [-0.4, -0.2) is 73.7 Å². The highest BCUT2D eigenvalue weighted by Crippen LogP contribution is 2.21. The first-order valence-corrected chi connectivity index (χ1v) is 27.5. The largest absolute Gasteiger partial charge is 0.462 e. The van der Waals surface area contributed by atoms with E-state index in [2.05, 4.69) is 37.3 Å². The molecule has 0 radical (unpaired) electrons. The fourth-order valence-electron chi connectivity index (χ4n) is 8.51. The first-order valence-electron chi connectivity index (χ1n) is 26.6. The lowest BCUT2D eigenvalue weighted by molar-refractivity contribution is -0.150. The van der Waals surface area contributed by atoms with E-state index in [1.54, 1.807) is 0 Å². The summed E-state index contributed by atoms with van der Waals surface area (Å²) in [6, 6.07) is 0. The maximum Gasteiger partial charge on any atom is 0.306 e. The predicted octanol–water partition coefficient (Wildman–Crippen LogP) is 15.3. The third-order valence-electron chi connectivity index (χ3n) is 12.6. The van der Waals surface area contributed by atoms with Gasteiger partial charge in [-0.05, 0) is 110 Å². The molecule has 1 aliphatic heterocycles. The van der Waals surface area contributed by atoms with Crippen molar-refractivity contribution in [3.05, 3.63) is 0 Å². The van der Waals surface area contributed by atoms with Gasteiger partial charge >= 0.3 is 11.9 Å². The number of rotatable bonds is 46. The van der Waals surface area contributed by atoms with Crippen molar-refractivity contribution in [2.24, 2.45) is 0 Å². The second-order valence-corrected chi connectivity index (χ2v) is 19.5. The Hall–Kier alpha value is -0.830. The minimum atomic E-state index is 0.00813. The molecule has 0 aromatic carbocycles. The van der Waals surface area contributed by atoms with E-state index in [-0.39, 0.29) is 24.1 Å². The zero-order chi connectivity index (χ0) is 43.4. The predicted molar refractivity (Wildman–Crippen MR) is 260 cm³/mol. The Bertz CT molecular complexity index is 903. The number of carbonyl (C=O) groups excluding carboxylic acids is 2. The molecule has 1 unspecified atom stereocenters. The van der Waals surface area contributed by atoms with Gasteiger partial charge in [-0.25, -0.2) is 0 Å². The lowest BCUT2D eigenvalue weighted by Crippen LogP contribution is -2.29. The van der Waals surface area contributed by atoms with Crippen molar-refractivity contribution >= 4 is 23.9 Å². The molecule has 1 N–H and O–H groups in total. The molecule has 0 bridgehead atoms. The summed E-state index contributed by atoms with van der Waals surface area (Å²) in [5.41, 5.74) is 0. The summed E-state index contributed by atoms with van der Waals surface area (Å²) < 4.78 is 21.1. The Morgan fingerprint density at radius 2 is 0.900 bits per heavy atom. The standard InChI is InChI=1S/C52H102N2O5S/c1-5-9-12-15-20-27-35-48(8-4)58-51(55)38-30-23-18-25-32-43-54(45-34-42-53-60-50-40-46-57-47-41-50)44-33-26-19-24-31-39-52(56)59-49(36-28-21-16-13-10-6-2)37-29-22-17-14-11-7-3/h48-50,53H,5-47H2,1-4H3. The average Bonchev–Trinajstić information content (AvgIpc) is 3.25. The first-order chi connectivity index (χ1) is 29.5. The summed E-state index contributed by atoms with van der Waals surface area (Å²) in [4.78, 5) is 28.1. The molecule has 0 spiro atoms. The van der Waals surface area contributed by atoms with Gasteiger partial charge in [-0.3, -0.25) is 14.3 Å². The summed E-state index contributed by atoms with van der Waals surface area (Å²) in [5.74, 6) is 0.0457. The van der Waals surface area contributed by atoms with Crippen molar-refractivity contribution in [3.63, 3.8) is 0 Å². The molecule has 0 aromatic heterocycles. The van der Waals surface area contributed by atoms with Crippen LogP contribution in [0.5, 0.6) is 0 Å². The van der Waals surface area contributed by atoms with E-state index in [9.17, 15) is 9.59 Å². The van der Waals surface area contributed by atoms with Crippen molar-refractivity contribution in [3.8, 4) is 0 Å². The van der Waals surface area contributed by atoms with Crippen molar-refractivity contribution < 1.29 is 23.8 Å². The van der Waals surface area contributed by atoms with Gasteiger partial charge in [-0.2, -0.15) is 0 Å². The Morgan fingerprint density at radius 1 is 0.517 bits per heavy atom. The van der Waals surface area contributed by atoms with Crippen LogP contribution in [0.2, 0.25) is 0 Å². The van der Waals surface area contributed by atoms with Crippen LogP contribution in [-0.2, 0) is 23.8 Å². The van der Waals surface area contributed by atoms with Gasteiger partial charge in [0.05, 0.1) is 0 Å². The highest BCUT2D eigenvalue weighted by atomic mass is 32.2. The fraction of sp³-hybridized carbons (Fsp3) is 0.962. The lowest BCUT2D eigenvalue weighted by Gasteiger charge is -2.24. The topological polar surface area (TPSA) is 77.1 Å². The minimum Gasteiger partial charge on any atom is -0.462 e. The van der Waals surface area contributed by atoms with Gasteiger partial charge in [-0.1, -0.05) is 174 Å². The number of ether oxygens (including phenoxy) is 3. The number of carbonyl (C=O) groups is 2. The zero-order valence-corrected chi connectivity index (χ0v) is 41.4. The van der Waals surface area contributed by atoms with Gasteiger partial charge in [0.2, 0.25) is 0 Å². The Balaban J connectivity index is 2.33. The van der Waals surface area contributed by atoms with E-state index in [0.29, 0.717) is 18.1 Å². The monoisotopic (exact) mass is 867 g/mol. The molecule has 1 rings (SSSR count). The van der Waals surface area contributed by atoms with Gasteiger partial charge < -0.3 is 19.1 Å². The highest BCUT2D eigenvalue weighted by molar-refractivity contribution is 7.98. The van der Waals surface area contributed by atoms with Gasteiger partial charge in [0.25, 0.3) is 0 Å². The molecule has 1 saturated heterocycles. The van der Waals surface area contributed by atoms with Crippen LogP contribution in [0, 0.1) is 0 Å². The molecule has 8 heteroatoms. The molecule has 1 heterocycles. The van der Waals surface area contributed by atoms with Gasteiger partial charge in [0.15, 0.2) is 0 Å². The van der Waals surface area contributed by atoms with Crippen LogP contribution in [0.15, 0.2) is 0 Å². The number of hydrogen-bond acceptors (Lipinski definition) is 8. The van der Waals surface area contributed by atoms with E-state index >= 15 is 0 Å². The second-order valence-electron chi connectivity index (χ2n) is 18.4. The normalized spacial score (nSPS) is 14.0. The van der Waals surface area contributed by atoms with Crippen LogP contribution in [0.3, 0.4) is 0 Å². The maximum atomic E-state index is 12.9. The van der Waals surface area contributed by atoms with E-state index in [4.69, 9.17) is 14.2 Å². The summed E-state index contributed by atoms with van der Waals surface area (Å²) >= 11 is 1.92. The molecule has 1 fully saturated rings. The Kier molecular flexibility index (Phi) is 42.7. The van der Waals surface area contributed by atoms with Crippen LogP contribution in [0.1, 0.15) is 265 Å². The molecule has 1 atom stereocenters. The third kappa shape index (κ3) is 37.7. The molecule has 0 aliphatic carbocycles. The van der Waals surface area contributed by atoms with Gasteiger partial charge in [0, 0.05) is 37.9 Å². The quantitative estimate of drug-likeness (QED) is 0.0368. The highest BCUT2D eigenvalue weighted by Gasteiger charge is 2.16. The summed E-state index contributed by atoms with van der Waals surface area (Å²) in [7, 11) is 0. The molecule has 7 nitrogen and oxygen atoms in total. The molecule has 0 amide bonds. The molecule has 356 valence electrons. The second kappa shape index (κ2) is 44.8. The number of nitrogens with zero attached hydrogens (tertiary/aromatic N) is 1. The zero-order valence-electron chi connectivity index (χ0n) is 40.5. The SMILES string of the molecule is CCCCCCCCC(CC)OC(=O)CCCCCCCN(CCCCCCCC(=O)OC(CCCCCCCC)CCCCCCCC)CCCNSC1CCOCC1. The van der Waals surface area contributed by atoms with Crippen LogP contribution in [0.4, 0.5) is 0 Å².